The van der Waals surface area contributed by atoms with Crippen LogP contribution in [0, 0.1) is 6.92 Å². The average molecular weight is 458 g/mol. The molecule has 0 saturated heterocycles. The quantitative estimate of drug-likeness (QED) is 0.496. The van der Waals surface area contributed by atoms with Gasteiger partial charge >= 0.3 is 5.97 Å². The Kier molecular flexibility index (Phi) is 9.27. The van der Waals surface area contributed by atoms with Crippen molar-refractivity contribution < 1.29 is 23.9 Å². The summed E-state index contributed by atoms with van der Waals surface area (Å²) in [5.74, 6) is -1.42. The summed E-state index contributed by atoms with van der Waals surface area (Å²) in [6, 6.07) is 14.0. The summed E-state index contributed by atoms with van der Waals surface area (Å²) in [7, 11) is 0. The molecule has 0 bridgehead atoms. The Morgan fingerprint density at radius 2 is 1.34 bits per heavy atom. The van der Waals surface area contributed by atoms with E-state index in [2.05, 4.69) is 16.0 Å². The van der Waals surface area contributed by atoms with Crippen molar-refractivity contribution >= 4 is 52.5 Å². The first-order valence-electron chi connectivity index (χ1n) is 10.0. The number of nitrogens with one attached hydrogen (secondary N) is 3. The first-order chi connectivity index (χ1) is 15.1. The lowest BCUT2D eigenvalue weighted by Gasteiger charge is -2.16. The third-order valence-corrected chi connectivity index (χ3v) is 5.39. The number of hydrogen-bond acceptors (Lipinski definition) is 6. The number of amides is 3. The van der Waals surface area contributed by atoms with E-state index in [1.54, 1.807) is 31.2 Å². The highest BCUT2D eigenvalue weighted by atomic mass is 32.2. The highest BCUT2D eigenvalue weighted by Crippen LogP contribution is 2.17. The fourth-order valence-electron chi connectivity index (χ4n) is 2.51. The van der Waals surface area contributed by atoms with E-state index in [9.17, 15) is 19.2 Å². The summed E-state index contributed by atoms with van der Waals surface area (Å²) in [5.41, 5.74) is 2.88. The molecule has 0 fully saturated rings. The van der Waals surface area contributed by atoms with Gasteiger partial charge in [0.25, 0.3) is 5.91 Å². The zero-order valence-corrected chi connectivity index (χ0v) is 19.2. The van der Waals surface area contributed by atoms with Gasteiger partial charge in [0.05, 0.1) is 5.75 Å². The number of hydrogen-bond donors (Lipinski definition) is 3. The number of anilines is 3. The molecular weight excluding hydrogens is 430 g/mol. The van der Waals surface area contributed by atoms with Gasteiger partial charge in [-0.05, 0) is 57.2 Å². The molecule has 0 aromatic heterocycles. The van der Waals surface area contributed by atoms with Crippen molar-refractivity contribution in [2.45, 2.75) is 39.0 Å². The minimum absolute atomic E-state index is 0.0748. The van der Waals surface area contributed by atoms with Gasteiger partial charge in [-0.2, -0.15) is 0 Å². The molecule has 2 rings (SSSR count). The number of esters is 1. The number of thioether (sulfide) groups is 1. The molecular formula is C23H27N3O5S. The predicted octanol–water partition coefficient (Wildman–Crippen LogP) is 3.58. The van der Waals surface area contributed by atoms with Crippen LogP contribution in [0.4, 0.5) is 17.1 Å². The minimum Gasteiger partial charge on any atom is -0.452 e. The number of carbonyl (C=O) groups is 4. The molecule has 2 aromatic rings. The van der Waals surface area contributed by atoms with Crippen LogP contribution in [0.1, 0.15) is 26.3 Å². The van der Waals surface area contributed by atoms with Crippen LogP contribution in [-0.2, 0) is 23.9 Å². The van der Waals surface area contributed by atoms with Gasteiger partial charge in [0.2, 0.25) is 11.8 Å². The number of benzene rings is 2. The molecule has 3 N–H and O–H groups in total. The van der Waals surface area contributed by atoms with Gasteiger partial charge < -0.3 is 20.7 Å². The van der Waals surface area contributed by atoms with Crippen LogP contribution in [0.15, 0.2) is 48.5 Å². The first-order valence-corrected chi connectivity index (χ1v) is 11.1. The van der Waals surface area contributed by atoms with Crippen LogP contribution >= 0.6 is 11.8 Å². The standard InChI is InChI=1S/C23H27N3O5S/c1-14-5-7-19(8-6-14)25-21(28)13-32-16(3)23(30)31-15(2)22(29)26-20-11-9-18(10-12-20)24-17(4)27/h5-12,15-16H,13H2,1-4H3,(H,24,27)(H,25,28)(H,26,29)/t15-,16-/m1/s1. The van der Waals surface area contributed by atoms with E-state index in [1.165, 1.54) is 13.8 Å². The molecule has 0 spiro atoms. The number of aryl methyl sites for hydroxylation is 1. The first kappa shape index (κ1) is 24.9. The van der Waals surface area contributed by atoms with Gasteiger partial charge in [-0.15, -0.1) is 11.8 Å². The second-order valence-electron chi connectivity index (χ2n) is 7.19. The van der Waals surface area contributed by atoms with Crippen LogP contribution in [0.25, 0.3) is 0 Å². The van der Waals surface area contributed by atoms with E-state index in [0.717, 1.165) is 17.3 Å². The molecule has 0 radical (unpaired) electrons. The molecule has 32 heavy (non-hydrogen) atoms. The topological polar surface area (TPSA) is 114 Å². The second kappa shape index (κ2) is 11.9. The lowest BCUT2D eigenvalue weighted by atomic mass is 10.2. The van der Waals surface area contributed by atoms with Gasteiger partial charge in [-0.25, -0.2) is 0 Å². The zero-order chi connectivity index (χ0) is 23.7. The summed E-state index contributed by atoms with van der Waals surface area (Å²) in [5, 5.41) is 7.42. The highest BCUT2D eigenvalue weighted by molar-refractivity contribution is 8.01. The molecule has 0 unspecified atom stereocenters. The Hall–Kier alpha value is -3.33. The third-order valence-electron chi connectivity index (χ3n) is 4.27. The Labute approximate surface area is 191 Å². The summed E-state index contributed by atoms with van der Waals surface area (Å²) < 4.78 is 5.23. The van der Waals surface area contributed by atoms with Crippen LogP contribution in [0.2, 0.25) is 0 Å². The van der Waals surface area contributed by atoms with Gasteiger partial charge in [-0.3, -0.25) is 19.2 Å². The van der Waals surface area contributed by atoms with Crippen molar-refractivity contribution in [1.82, 2.24) is 0 Å². The lowest BCUT2D eigenvalue weighted by Crippen LogP contribution is -2.33. The minimum atomic E-state index is -1.01. The molecule has 0 aliphatic rings. The molecule has 0 aliphatic heterocycles. The maximum Gasteiger partial charge on any atom is 0.319 e. The zero-order valence-electron chi connectivity index (χ0n) is 18.4. The largest absolute Gasteiger partial charge is 0.452 e. The number of ether oxygens (including phenoxy) is 1. The number of carbonyl (C=O) groups excluding carboxylic acids is 4. The van der Waals surface area contributed by atoms with Crippen LogP contribution in [0.5, 0.6) is 0 Å². The predicted molar refractivity (Wildman–Crippen MR) is 127 cm³/mol. The molecule has 2 aromatic carbocycles. The highest BCUT2D eigenvalue weighted by Gasteiger charge is 2.23. The summed E-state index contributed by atoms with van der Waals surface area (Å²) in [4.78, 5) is 47.7. The second-order valence-corrected chi connectivity index (χ2v) is 8.52. The molecule has 0 aliphatic carbocycles. The fraction of sp³-hybridized carbons (Fsp3) is 0.304. The molecule has 2 atom stereocenters. The van der Waals surface area contributed by atoms with Crippen molar-refractivity contribution in [2.24, 2.45) is 0 Å². The smallest absolute Gasteiger partial charge is 0.319 e. The van der Waals surface area contributed by atoms with Crippen LogP contribution in [0.3, 0.4) is 0 Å². The molecule has 0 heterocycles. The Morgan fingerprint density at radius 1 is 0.844 bits per heavy atom. The molecule has 8 nitrogen and oxygen atoms in total. The van der Waals surface area contributed by atoms with Gasteiger partial charge in [0.15, 0.2) is 6.10 Å². The summed E-state index contributed by atoms with van der Waals surface area (Å²) in [6.45, 7) is 6.46. The molecule has 9 heteroatoms. The van der Waals surface area contributed by atoms with Crippen LogP contribution in [-0.4, -0.2) is 40.8 Å². The Morgan fingerprint density at radius 3 is 1.91 bits per heavy atom. The maximum absolute atomic E-state index is 12.3. The van der Waals surface area contributed by atoms with E-state index in [-0.39, 0.29) is 17.6 Å². The van der Waals surface area contributed by atoms with Gasteiger partial charge in [0, 0.05) is 24.0 Å². The normalized spacial score (nSPS) is 12.2. The monoisotopic (exact) mass is 457 g/mol. The van der Waals surface area contributed by atoms with E-state index >= 15 is 0 Å². The van der Waals surface area contributed by atoms with Crippen molar-refractivity contribution in [1.29, 1.82) is 0 Å². The van der Waals surface area contributed by atoms with Crippen molar-refractivity contribution in [3.8, 4) is 0 Å². The molecule has 170 valence electrons. The average Bonchev–Trinajstić information content (AvgIpc) is 2.74. The van der Waals surface area contributed by atoms with Crippen molar-refractivity contribution in [2.75, 3.05) is 21.7 Å². The fourth-order valence-corrected chi connectivity index (χ4v) is 3.18. The van der Waals surface area contributed by atoms with Crippen LogP contribution < -0.4 is 16.0 Å². The SMILES string of the molecule is CC(=O)Nc1ccc(NC(=O)[C@@H](C)OC(=O)[C@@H](C)SCC(=O)Nc2ccc(C)cc2)cc1. The van der Waals surface area contributed by atoms with Crippen molar-refractivity contribution in [3.05, 3.63) is 54.1 Å². The molecule has 0 saturated carbocycles. The van der Waals surface area contributed by atoms with E-state index in [1.807, 2.05) is 31.2 Å². The summed E-state index contributed by atoms with van der Waals surface area (Å²) in [6.07, 6.45) is -1.01. The Bertz CT molecular complexity index is 961. The maximum atomic E-state index is 12.3. The van der Waals surface area contributed by atoms with Gasteiger partial charge in [-0.1, -0.05) is 17.7 Å². The lowest BCUT2D eigenvalue weighted by molar-refractivity contribution is -0.152. The van der Waals surface area contributed by atoms with Gasteiger partial charge in [0.1, 0.15) is 5.25 Å². The number of rotatable bonds is 9. The molecule has 3 amide bonds. The Balaban J connectivity index is 1.76. The van der Waals surface area contributed by atoms with E-state index in [0.29, 0.717) is 17.1 Å². The summed E-state index contributed by atoms with van der Waals surface area (Å²) >= 11 is 1.13. The van der Waals surface area contributed by atoms with E-state index < -0.39 is 23.2 Å². The van der Waals surface area contributed by atoms with E-state index in [4.69, 9.17) is 4.74 Å². The third kappa shape index (κ3) is 8.43. The van der Waals surface area contributed by atoms with Crippen molar-refractivity contribution in [3.63, 3.8) is 0 Å².